The molecule has 0 spiro atoms. The van der Waals surface area contributed by atoms with Gasteiger partial charge in [0.2, 0.25) is 0 Å². The van der Waals surface area contributed by atoms with Crippen LogP contribution in [0, 0.1) is 0 Å². The lowest BCUT2D eigenvalue weighted by Gasteiger charge is -2.08. The van der Waals surface area contributed by atoms with E-state index < -0.39 is 0 Å². The second-order valence-electron chi connectivity index (χ2n) is 5.00. The minimum atomic E-state index is 0.379. The summed E-state index contributed by atoms with van der Waals surface area (Å²) in [5, 5.41) is 3.03. The van der Waals surface area contributed by atoms with E-state index in [9.17, 15) is 0 Å². The van der Waals surface area contributed by atoms with Gasteiger partial charge in [0.15, 0.2) is 5.96 Å². The van der Waals surface area contributed by atoms with Crippen molar-refractivity contribution < 1.29 is 14.2 Å². The van der Waals surface area contributed by atoms with E-state index in [1.165, 1.54) is 0 Å². The first-order valence-electron chi connectivity index (χ1n) is 7.69. The number of rotatable bonds is 8. The van der Waals surface area contributed by atoms with Gasteiger partial charge in [0.1, 0.15) is 17.2 Å². The molecule has 0 atom stereocenters. The van der Waals surface area contributed by atoms with E-state index in [4.69, 9.17) is 19.9 Å². The fraction of sp³-hybridized carbons (Fsp3) is 0.278. The number of benzene rings is 2. The fourth-order valence-corrected chi connectivity index (χ4v) is 1.99. The molecule has 24 heavy (non-hydrogen) atoms. The molecular weight excluding hydrogens is 306 g/mol. The molecule has 0 radical (unpaired) electrons. The quantitative estimate of drug-likeness (QED) is 0.442. The summed E-state index contributed by atoms with van der Waals surface area (Å²) in [6.07, 6.45) is 0.775. The summed E-state index contributed by atoms with van der Waals surface area (Å²) >= 11 is 0. The summed E-state index contributed by atoms with van der Waals surface area (Å²) in [4.78, 5) is 4.27. The molecule has 0 saturated carbocycles. The summed E-state index contributed by atoms with van der Waals surface area (Å²) in [6.45, 7) is 1.16. The molecule has 128 valence electrons. The van der Waals surface area contributed by atoms with Crippen LogP contribution < -0.4 is 25.3 Å². The van der Waals surface area contributed by atoms with Crippen LogP contribution in [0.15, 0.2) is 53.5 Å². The maximum atomic E-state index is 5.85. The lowest BCUT2D eigenvalue weighted by molar-refractivity contribution is 0.313. The highest BCUT2D eigenvalue weighted by atomic mass is 16.5. The van der Waals surface area contributed by atoms with Crippen LogP contribution in [0.3, 0.4) is 0 Å². The van der Waals surface area contributed by atoms with Gasteiger partial charge in [0.05, 0.1) is 20.8 Å². The highest BCUT2D eigenvalue weighted by molar-refractivity contribution is 5.92. The van der Waals surface area contributed by atoms with Crippen LogP contribution in [-0.4, -0.2) is 33.3 Å². The smallest absolute Gasteiger partial charge is 0.193 e. The third-order valence-electron chi connectivity index (χ3n) is 3.28. The monoisotopic (exact) mass is 329 g/mol. The largest absolute Gasteiger partial charge is 0.497 e. The second-order valence-corrected chi connectivity index (χ2v) is 5.00. The zero-order valence-corrected chi connectivity index (χ0v) is 14.0. The number of aliphatic imine (C=N–C) groups is 1. The maximum Gasteiger partial charge on any atom is 0.193 e. The van der Waals surface area contributed by atoms with Crippen molar-refractivity contribution in [2.45, 2.75) is 6.42 Å². The number of nitrogens with zero attached hydrogens (tertiary/aromatic N) is 1. The number of guanidine groups is 1. The van der Waals surface area contributed by atoms with Gasteiger partial charge in [-0.2, -0.15) is 0 Å². The van der Waals surface area contributed by atoms with Crippen molar-refractivity contribution in [3.63, 3.8) is 0 Å². The third-order valence-corrected chi connectivity index (χ3v) is 3.28. The molecule has 0 aromatic heterocycles. The number of hydrogen-bond donors (Lipinski definition) is 2. The summed E-state index contributed by atoms with van der Waals surface area (Å²) in [5.41, 5.74) is 6.72. The first kappa shape index (κ1) is 17.5. The number of methoxy groups -OCH3 is 2. The Bertz CT molecular complexity index is 640. The molecule has 0 unspecified atom stereocenters. The molecule has 0 aliphatic heterocycles. The molecule has 0 saturated heterocycles. The Morgan fingerprint density at radius 2 is 1.46 bits per heavy atom. The predicted octanol–water partition coefficient (Wildman–Crippen LogP) is 2.90. The molecule has 0 aliphatic carbocycles. The molecule has 2 aromatic rings. The fourth-order valence-electron chi connectivity index (χ4n) is 1.99. The molecule has 3 N–H and O–H groups in total. The maximum absolute atomic E-state index is 5.85. The Morgan fingerprint density at radius 3 is 2.04 bits per heavy atom. The number of nitrogens with two attached hydrogens (primary N) is 1. The SMILES string of the molecule is COc1ccc(NC(N)=NCCCOc2ccc(OC)cc2)cc1. The van der Waals surface area contributed by atoms with E-state index in [1.54, 1.807) is 14.2 Å². The number of nitrogens with one attached hydrogen (secondary N) is 1. The molecule has 0 aliphatic rings. The highest BCUT2D eigenvalue weighted by Gasteiger charge is 1.97. The normalized spacial score (nSPS) is 11.0. The highest BCUT2D eigenvalue weighted by Crippen LogP contribution is 2.17. The van der Waals surface area contributed by atoms with E-state index in [-0.39, 0.29) is 0 Å². The summed E-state index contributed by atoms with van der Waals surface area (Å²) in [5.74, 6) is 2.80. The van der Waals surface area contributed by atoms with Gasteiger partial charge in [-0.3, -0.25) is 4.99 Å². The van der Waals surface area contributed by atoms with Crippen molar-refractivity contribution >= 4 is 11.6 Å². The third kappa shape index (κ3) is 5.72. The second kappa shape index (κ2) is 9.29. The van der Waals surface area contributed by atoms with Gasteiger partial charge in [0, 0.05) is 18.7 Å². The minimum absolute atomic E-state index is 0.379. The van der Waals surface area contributed by atoms with Gasteiger partial charge in [-0.25, -0.2) is 0 Å². The van der Waals surface area contributed by atoms with Gasteiger partial charge in [-0.1, -0.05) is 0 Å². The first-order chi connectivity index (χ1) is 11.7. The van der Waals surface area contributed by atoms with Crippen LogP contribution in [0.4, 0.5) is 5.69 Å². The lowest BCUT2D eigenvalue weighted by atomic mass is 10.3. The lowest BCUT2D eigenvalue weighted by Crippen LogP contribution is -2.23. The van der Waals surface area contributed by atoms with E-state index in [1.807, 2.05) is 48.5 Å². The van der Waals surface area contributed by atoms with E-state index in [0.29, 0.717) is 19.1 Å². The Kier molecular flexibility index (Phi) is 6.76. The van der Waals surface area contributed by atoms with Crippen LogP contribution in [0.1, 0.15) is 6.42 Å². The summed E-state index contributed by atoms with van der Waals surface area (Å²) in [7, 11) is 3.27. The van der Waals surface area contributed by atoms with E-state index in [0.717, 1.165) is 29.4 Å². The molecule has 6 heteroatoms. The Hall–Kier alpha value is -2.89. The summed E-state index contributed by atoms with van der Waals surface area (Å²) in [6, 6.07) is 15.0. The summed E-state index contributed by atoms with van der Waals surface area (Å²) < 4.78 is 15.8. The van der Waals surface area contributed by atoms with Crippen molar-refractivity contribution in [3.8, 4) is 17.2 Å². The molecule has 0 heterocycles. The average Bonchev–Trinajstić information content (AvgIpc) is 2.62. The Balaban J connectivity index is 1.68. The van der Waals surface area contributed by atoms with Crippen LogP contribution in [0.25, 0.3) is 0 Å². The first-order valence-corrected chi connectivity index (χ1v) is 7.69. The zero-order valence-electron chi connectivity index (χ0n) is 14.0. The van der Waals surface area contributed by atoms with Crippen molar-refractivity contribution in [2.75, 3.05) is 32.7 Å². The van der Waals surface area contributed by atoms with Gasteiger partial charge in [0.25, 0.3) is 0 Å². The standard InChI is InChI=1S/C18H23N3O3/c1-22-15-6-4-14(5-7-15)21-18(19)20-12-3-13-24-17-10-8-16(23-2)9-11-17/h4-11H,3,12-13H2,1-2H3,(H3,19,20,21). The van der Waals surface area contributed by atoms with Gasteiger partial charge >= 0.3 is 0 Å². The van der Waals surface area contributed by atoms with E-state index in [2.05, 4.69) is 10.3 Å². The van der Waals surface area contributed by atoms with Crippen molar-refractivity contribution in [1.29, 1.82) is 0 Å². The topological polar surface area (TPSA) is 78.1 Å². The molecular formula is C18H23N3O3. The Labute approximate surface area is 142 Å². The van der Waals surface area contributed by atoms with E-state index >= 15 is 0 Å². The number of ether oxygens (including phenoxy) is 3. The predicted molar refractivity (Wildman–Crippen MR) is 96.2 cm³/mol. The molecule has 0 amide bonds. The van der Waals surface area contributed by atoms with Crippen molar-refractivity contribution in [3.05, 3.63) is 48.5 Å². The average molecular weight is 329 g/mol. The Morgan fingerprint density at radius 1 is 0.917 bits per heavy atom. The zero-order chi connectivity index (χ0) is 17.2. The van der Waals surface area contributed by atoms with Crippen LogP contribution in [-0.2, 0) is 0 Å². The minimum Gasteiger partial charge on any atom is -0.497 e. The molecule has 6 nitrogen and oxygen atoms in total. The van der Waals surface area contributed by atoms with Gasteiger partial charge < -0.3 is 25.3 Å². The van der Waals surface area contributed by atoms with Gasteiger partial charge in [-0.05, 0) is 48.5 Å². The van der Waals surface area contributed by atoms with Crippen molar-refractivity contribution in [2.24, 2.45) is 10.7 Å². The van der Waals surface area contributed by atoms with Gasteiger partial charge in [-0.15, -0.1) is 0 Å². The number of hydrogen-bond acceptors (Lipinski definition) is 4. The molecule has 2 aromatic carbocycles. The number of anilines is 1. The van der Waals surface area contributed by atoms with Crippen molar-refractivity contribution in [1.82, 2.24) is 0 Å². The molecule has 0 bridgehead atoms. The molecule has 2 rings (SSSR count). The van der Waals surface area contributed by atoms with Crippen LogP contribution in [0.2, 0.25) is 0 Å². The van der Waals surface area contributed by atoms with Crippen LogP contribution >= 0.6 is 0 Å². The molecule has 0 fully saturated rings. The van der Waals surface area contributed by atoms with Crippen LogP contribution in [0.5, 0.6) is 17.2 Å².